The molecular weight excluding hydrogens is 1020 g/mol. The van der Waals surface area contributed by atoms with Crippen molar-refractivity contribution in [2.24, 2.45) is 0 Å². The van der Waals surface area contributed by atoms with Crippen LogP contribution in [0.1, 0.15) is 239 Å². The standard InChI is InChI=1S/C69H110O12/c1-4-7-10-13-16-19-22-25-28-30-31-33-35-37-40-43-46-49-52-55-61(70)77-58-60(79-62(71)56-53-50-47-44-41-38-34-27-24-21-18-15-12-9-6-3)59-78-69-67(65(74)64(73)66(81-69)68(75)76)80-63(72)57-54-51-48-45-42-39-36-32-29-26-23-20-17-14-11-8-5-2/h7-8,10-11,16-17,19-20,25-26,28-29,31,33,36-37,39-40,45,48,60,64-67,69,73-74H,4-6,9,12-15,18,21-24,27,30,32,34-35,38,41-44,46-47,49-59H2,1-3H3,(H,75,76)/b10-7-,11-8-,19-16-,20-17-,28-25-,29-26-,33-31-,39-36-,40-37-,48-45-. The second kappa shape index (κ2) is 55.6. The van der Waals surface area contributed by atoms with E-state index in [0.29, 0.717) is 25.7 Å². The number of hydrogen-bond donors (Lipinski definition) is 3. The molecule has 6 unspecified atom stereocenters. The largest absolute Gasteiger partial charge is 0.479 e. The number of aliphatic hydroxyl groups excluding tert-OH is 2. The van der Waals surface area contributed by atoms with Crippen LogP contribution in [0.4, 0.5) is 0 Å². The van der Waals surface area contributed by atoms with E-state index in [1.165, 1.54) is 70.6 Å². The monoisotopic (exact) mass is 1130 g/mol. The molecule has 12 nitrogen and oxygen atoms in total. The van der Waals surface area contributed by atoms with Crippen molar-refractivity contribution in [3.63, 3.8) is 0 Å². The summed E-state index contributed by atoms with van der Waals surface area (Å²) in [5.41, 5.74) is 0. The van der Waals surface area contributed by atoms with Crippen molar-refractivity contribution in [3.8, 4) is 0 Å². The molecule has 1 fully saturated rings. The zero-order valence-electron chi connectivity index (χ0n) is 50.5. The van der Waals surface area contributed by atoms with E-state index in [9.17, 15) is 34.5 Å². The first-order valence-electron chi connectivity index (χ1n) is 31.5. The first-order chi connectivity index (χ1) is 39.6. The van der Waals surface area contributed by atoms with Gasteiger partial charge >= 0.3 is 23.9 Å². The van der Waals surface area contributed by atoms with E-state index in [-0.39, 0.29) is 25.9 Å². The number of esters is 3. The normalized spacial score (nSPS) is 18.6. The van der Waals surface area contributed by atoms with Gasteiger partial charge in [-0.15, -0.1) is 0 Å². The molecule has 3 N–H and O–H groups in total. The number of aliphatic hydroxyl groups is 2. The molecule has 0 amide bonds. The molecule has 0 aromatic heterocycles. The summed E-state index contributed by atoms with van der Waals surface area (Å²) in [4.78, 5) is 51.3. The number of rotatable bonds is 52. The Hall–Kier alpha value is -4.88. The van der Waals surface area contributed by atoms with Gasteiger partial charge in [0.15, 0.2) is 24.6 Å². The second-order valence-corrected chi connectivity index (χ2v) is 20.9. The van der Waals surface area contributed by atoms with Gasteiger partial charge in [-0.2, -0.15) is 0 Å². The molecular formula is C69H110O12. The first kappa shape index (κ1) is 74.1. The van der Waals surface area contributed by atoms with Crippen LogP contribution >= 0.6 is 0 Å². The highest BCUT2D eigenvalue weighted by Gasteiger charge is 2.50. The van der Waals surface area contributed by atoms with E-state index >= 15 is 0 Å². The van der Waals surface area contributed by atoms with Crippen molar-refractivity contribution >= 4 is 23.9 Å². The molecule has 0 aromatic carbocycles. The maximum absolute atomic E-state index is 13.2. The van der Waals surface area contributed by atoms with Crippen LogP contribution < -0.4 is 0 Å². The fourth-order valence-electron chi connectivity index (χ4n) is 8.78. The van der Waals surface area contributed by atoms with Gasteiger partial charge < -0.3 is 39.0 Å². The topological polar surface area (TPSA) is 175 Å². The molecule has 1 aliphatic heterocycles. The van der Waals surface area contributed by atoms with Crippen LogP contribution in [-0.2, 0) is 42.9 Å². The molecule has 0 aliphatic carbocycles. The molecule has 0 spiro atoms. The van der Waals surface area contributed by atoms with Crippen molar-refractivity contribution in [1.82, 2.24) is 0 Å². The number of carboxylic acid groups (broad SMARTS) is 1. The van der Waals surface area contributed by atoms with Crippen molar-refractivity contribution in [3.05, 3.63) is 122 Å². The van der Waals surface area contributed by atoms with Gasteiger partial charge in [0.05, 0.1) is 6.61 Å². The van der Waals surface area contributed by atoms with Crippen LogP contribution in [0.5, 0.6) is 0 Å². The van der Waals surface area contributed by atoms with E-state index in [4.69, 9.17) is 23.7 Å². The average Bonchev–Trinajstić information content (AvgIpc) is 3.53. The van der Waals surface area contributed by atoms with Gasteiger partial charge in [-0.05, 0) is 103 Å². The summed E-state index contributed by atoms with van der Waals surface area (Å²) in [6, 6.07) is 0. The number of carboxylic acids is 1. The van der Waals surface area contributed by atoms with Crippen LogP contribution in [-0.4, -0.2) is 89.2 Å². The van der Waals surface area contributed by atoms with Gasteiger partial charge in [-0.3, -0.25) is 14.4 Å². The van der Waals surface area contributed by atoms with Crippen molar-refractivity contribution in [2.75, 3.05) is 13.2 Å². The van der Waals surface area contributed by atoms with Gasteiger partial charge in [-0.25, -0.2) is 4.79 Å². The van der Waals surface area contributed by atoms with Crippen LogP contribution in [0, 0.1) is 0 Å². The molecule has 1 aliphatic rings. The van der Waals surface area contributed by atoms with Crippen molar-refractivity contribution in [2.45, 2.75) is 276 Å². The molecule has 1 saturated heterocycles. The van der Waals surface area contributed by atoms with E-state index < -0.39 is 67.3 Å². The van der Waals surface area contributed by atoms with Gasteiger partial charge in [0.1, 0.15) is 18.8 Å². The lowest BCUT2D eigenvalue weighted by molar-refractivity contribution is -0.301. The first-order valence-corrected chi connectivity index (χ1v) is 31.5. The Bertz CT molecular complexity index is 1870. The summed E-state index contributed by atoms with van der Waals surface area (Å²) in [6.07, 6.45) is 64.5. The third-order valence-corrected chi connectivity index (χ3v) is 13.5. The third-order valence-electron chi connectivity index (χ3n) is 13.5. The molecule has 6 atom stereocenters. The Labute approximate surface area is 490 Å². The number of ether oxygens (including phenoxy) is 5. The number of hydrogen-bond acceptors (Lipinski definition) is 11. The second-order valence-electron chi connectivity index (χ2n) is 20.9. The number of unbranched alkanes of at least 4 members (excludes halogenated alkanes) is 18. The zero-order valence-corrected chi connectivity index (χ0v) is 50.5. The van der Waals surface area contributed by atoms with Gasteiger partial charge in [0.25, 0.3) is 0 Å². The molecule has 0 radical (unpaired) electrons. The molecule has 1 heterocycles. The maximum Gasteiger partial charge on any atom is 0.335 e. The molecule has 1 rings (SSSR count). The summed E-state index contributed by atoms with van der Waals surface area (Å²) >= 11 is 0. The zero-order chi connectivity index (χ0) is 58.9. The van der Waals surface area contributed by atoms with E-state index in [0.717, 1.165) is 103 Å². The van der Waals surface area contributed by atoms with Crippen LogP contribution in [0.15, 0.2) is 122 Å². The Morgan fingerprint density at radius 3 is 1.22 bits per heavy atom. The van der Waals surface area contributed by atoms with Gasteiger partial charge in [0, 0.05) is 19.3 Å². The molecule has 0 aromatic rings. The minimum absolute atomic E-state index is 0.0262. The highest BCUT2D eigenvalue weighted by molar-refractivity contribution is 5.74. The number of allylic oxidation sites excluding steroid dienone is 20. The quantitative estimate of drug-likeness (QED) is 0.0228. The number of aliphatic carboxylic acids is 1. The van der Waals surface area contributed by atoms with E-state index in [1.54, 1.807) is 0 Å². The number of carbonyl (C=O) groups excluding carboxylic acids is 3. The summed E-state index contributed by atoms with van der Waals surface area (Å²) in [5.74, 6) is -3.25. The molecule has 81 heavy (non-hydrogen) atoms. The van der Waals surface area contributed by atoms with Crippen LogP contribution in [0.3, 0.4) is 0 Å². The maximum atomic E-state index is 13.2. The van der Waals surface area contributed by atoms with Crippen LogP contribution in [0.2, 0.25) is 0 Å². The van der Waals surface area contributed by atoms with Gasteiger partial charge in [-0.1, -0.05) is 239 Å². The molecule has 0 saturated carbocycles. The molecule has 12 heteroatoms. The predicted octanol–water partition coefficient (Wildman–Crippen LogP) is 16.8. The molecule has 458 valence electrons. The highest BCUT2D eigenvalue weighted by atomic mass is 16.7. The third kappa shape index (κ3) is 45.3. The average molecular weight is 1130 g/mol. The van der Waals surface area contributed by atoms with Crippen molar-refractivity contribution in [1.29, 1.82) is 0 Å². The fourth-order valence-corrected chi connectivity index (χ4v) is 8.78. The Kier molecular flexibility index (Phi) is 50.9. The summed E-state index contributed by atoms with van der Waals surface area (Å²) in [6.45, 7) is 5.72. The Morgan fingerprint density at radius 2 is 0.790 bits per heavy atom. The Balaban J connectivity index is 2.73. The fraction of sp³-hybridized carbons (Fsp3) is 0.652. The predicted molar refractivity (Wildman–Crippen MR) is 330 cm³/mol. The van der Waals surface area contributed by atoms with Crippen molar-refractivity contribution < 1.29 is 58.2 Å². The smallest absolute Gasteiger partial charge is 0.335 e. The lowest BCUT2D eigenvalue weighted by atomic mass is 9.98. The minimum Gasteiger partial charge on any atom is -0.479 e. The molecule has 0 bridgehead atoms. The minimum atomic E-state index is -1.93. The Morgan fingerprint density at radius 1 is 0.420 bits per heavy atom. The lowest BCUT2D eigenvalue weighted by Gasteiger charge is -2.40. The summed E-state index contributed by atoms with van der Waals surface area (Å²) in [5, 5.41) is 31.5. The summed E-state index contributed by atoms with van der Waals surface area (Å²) < 4.78 is 28.4. The summed E-state index contributed by atoms with van der Waals surface area (Å²) in [7, 11) is 0. The number of carbonyl (C=O) groups is 4. The highest BCUT2D eigenvalue weighted by Crippen LogP contribution is 2.26. The van der Waals surface area contributed by atoms with Gasteiger partial charge in [0.2, 0.25) is 0 Å². The SMILES string of the molecule is CC/C=C\C/C=C\C/C=C\C/C=C\C/C=C\CCCCCC(=O)OCC(COC1OC(C(=O)O)C(O)C(O)C1OC(=O)CCC/C=C\C/C=C\C/C=C\C/C=C\C/C=C\CC)OC(=O)CCCCCCCCCCCCCCCCC. The van der Waals surface area contributed by atoms with E-state index in [1.807, 2.05) is 12.2 Å². The van der Waals surface area contributed by atoms with Crippen LogP contribution in [0.25, 0.3) is 0 Å². The lowest BCUT2D eigenvalue weighted by Crippen LogP contribution is -2.61. The van der Waals surface area contributed by atoms with E-state index in [2.05, 4.69) is 130 Å².